The molecule has 0 atom stereocenters. The van der Waals surface area contributed by atoms with Gasteiger partial charge in [0.05, 0.1) is 16.8 Å². The first-order valence-corrected chi connectivity index (χ1v) is 8.13. The Morgan fingerprint density at radius 1 is 0.800 bits per heavy atom. The van der Waals surface area contributed by atoms with Gasteiger partial charge in [-0.2, -0.15) is 13.2 Å². The zero-order valence-corrected chi connectivity index (χ0v) is 14.6. The van der Waals surface area contributed by atoms with Crippen molar-refractivity contribution in [3.05, 3.63) is 54.1 Å². The molecule has 1 aliphatic heterocycles. The molecule has 0 aliphatic carbocycles. The number of benzene rings is 2. The van der Waals surface area contributed by atoms with E-state index >= 15 is 0 Å². The van der Waals surface area contributed by atoms with Gasteiger partial charge < -0.3 is 9.31 Å². The Kier molecular flexibility index (Phi) is 4.24. The molecule has 2 aromatic carbocycles. The van der Waals surface area contributed by atoms with Crippen LogP contribution >= 0.6 is 0 Å². The van der Waals surface area contributed by atoms with Crippen LogP contribution in [0.25, 0.3) is 11.1 Å². The van der Waals surface area contributed by atoms with E-state index in [4.69, 9.17) is 9.31 Å². The second kappa shape index (κ2) is 5.89. The third-order valence-corrected chi connectivity index (χ3v) is 4.92. The van der Waals surface area contributed by atoms with Gasteiger partial charge in [-0.25, -0.2) is 0 Å². The van der Waals surface area contributed by atoms with Crippen LogP contribution in [0.15, 0.2) is 48.5 Å². The van der Waals surface area contributed by atoms with Crippen LogP contribution in [0.5, 0.6) is 0 Å². The molecule has 0 unspecified atom stereocenters. The van der Waals surface area contributed by atoms with Crippen LogP contribution < -0.4 is 5.46 Å². The van der Waals surface area contributed by atoms with Crippen LogP contribution in [0.2, 0.25) is 0 Å². The molecule has 25 heavy (non-hydrogen) atoms. The van der Waals surface area contributed by atoms with Crippen LogP contribution in [0.1, 0.15) is 33.3 Å². The Morgan fingerprint density at radius 3 is 1.88 bits per heavy atom. The quantitative estimate of drug-likeness (QED) is 0.735. The average Bonchev–Trinajstić information content (AvgIpc) is 2.75. The van der Waals surface area contributed by atoms with Crippen molar-refractivity contribution in [3.63, 3.8) is 0 Å². The fourth-order valence-corrected chi connectivity index (χ4v) is 2.73. The number of halogens is 3. The first-order valence-electron chi connectivity index (χ1n) is 8.13. The summed E-state index contributed by atoms with van der Waals surface area (Å²) in [7, 11) is -0.838. The molecule has 0 spiro atoms. The predicted octanol–water partition coefficient (Wildman–Crippen LogP) is 4.67. The fraction of sp³-hybridized carbons (Fsp3) is 0.368. The lowest BCUT2D eigenvalue weighted by atomic mass is 9.77. The van der Waals surface area contributed by atoms with E-state index in [9.17, 15) is 13.2 Å². The monoisotopic (exact) mass is 348 g/mol. The Labute approximate surface area is 146 Å². The predicted molar refractivity (Wildman–Crippen MR) is 92.6 cm³/mol. The van der Waals surface area contributed by atoms with Crippen LogP contribution in [0.3, 0.4) is 0 Å². The highest BCUT2D eigenvalue weighted by Gasteiger charge is 2.52. The molecule has 0 bridgehead atoms. The van der Waals surface area contributed by atoms with Crippen molar-refractivity contribution in [2.24, 2.45) is 0 Å². The van der Waals surface area contributed by atoms with Crippen molar-refractivity contribution >= 4 is 12.6 Å². The third kappa shape index (κ3) is 3.46. The van der Waals surface area contributed by atoms with E-state index in [2.05, 4.69) is 0 Å². The largest absolute Gasteiger partial charge is 0.494 e. The standard InChI is InChI=1S/C19H20BF3O2/c1-17(2)18(3,4)25-20(24-17)16-11-14(13-8-6-5-7-9-13)10-15(12-16)19(21,22)23/h5-12H,1-4H3. The van der Waals surface area contributed by atoms with E-state index in [0.717, 1.165) is 12.1 Å². The number of hydrogen-bond acceptors (Lipinski definition) is 2. The summed E-state index contributed by atoms with van der Waals surface area (Å²) < 4.78 is 52.0. The minimum Gasteiger partial charge on any atom is -0.399 e. The molecular weight excluding hydrogens is 328 g/mol. The lowest BCUT2D eigenvalue weighted by molar-refractivity contribution is -0.137. The Hall–Kier alpha value is -1.79. The number of alkyl halides is 3. The van der Waals surface area contributed by atoms with Crippen molar-refractivity contribution in [2.75, 3.05) is 0 Å². The smallest absolute Gasteiger partial charge is 0.399 e. The van der Waals surface area contributed by atoms with Gasteiger partial charge in [-0.1, -0.05) is 42.5 Å². The van der Waals surface area contributed by atoms with Gasteiger partial charge in [-0.15, -0.1) is 0 Å². The summed E-state index contributed by atoms with van der Waals surface area (Å²) >= 11 is 0. The van der Waals surface area contributed by atoms with Gasteiger partial charge in [0, 0.05) is 0 Å². The van der Waals surface area contributed by atoms with E-state index in [1.165, 1.54) is 0 Å². The van der Waals surface area contributed by atoms with E-state index in [1.807, 2.05) is 33.8 Å². The summed E-state index contributed by atoms with van der Waals surface area (Å²) in [5, 5.41) is 0. The van der Waals surface area contributed by atoms with Crippen molar-refractivity contribution in [2.45, 2.75) is 45.1 Å². The second-order valence-corrected chi connectivity index (χ2v) is 7.30. The highest BCUT2D eigenvalue weighted by atomic mass is 19.4. The molecule has 1 saturated heterocycles. The Balaban J connectivity index is 2.08. The summed E-state index contributed by atoms with van der Waals surface area (Å²) in [4.78, 5) is 0. The Morgan fingerprint density at radius 2 is 1.36 bits per heavy atom. The average molecular weight is 348 g/mol. The van der Waals surface area contributed by atoms with Crippen LogP contribution in [0, 0.1) is 0 Å². The van der Waals surface area contributed by atoms with Crippen molar-refractivity contribution in [3.8, 4) is 11.1 Å². The van der Waals surface area contributed by atoms with Crippen LogP contribution in [0.4, 0.5) is 13.2 Å². The van der Waals surface area contributed by atoms with E-state index in [0.29, 0.717) is 16.6 Å². The summed E-state index contributed by atoms with van der Waals surface area (Å²) in [5.41, 5.74) is -0.366. The molecule has 6 heteroatoms. The molecule has 2 nitrogen and oxygen atoms in total. The minimum absolute atomic E-state index is 0.368. The molecule has 3 rings (SSSR count). The minimum atomic E-state index is -4.44. The first-order chi connectivity index (χ1) is 11.5. The summed E-state index contributed by atoms with van der Waals surface area (Å²) in [5.74, 6) is 0. The van der Waals surface area contributed by atoms with Gasteiger partial charge in [-0.3, -0.25) is 0 Å². The van der Waals surface area contributed by atoms with Crippen LogP contribution in [-0.2, 0) is 15.5 Å². The summed E-state index contributed by atoms with van der Waals surface area (Å²) in [6.07, 6.45) is -4.44. The van der Waals surface area contributed by atoms with Gasteiger partial charge in [0.25, 0.3) is 0 Å². The highest BCUT2D eigenvalue weighted by Crippen LogP contribution is 2.38. The molecule has 0 saturated carbocycles. The lowest BCUT2D eigenvalue weighted by Crippen LogP contribution is -2.41. The maximum Gasteiger partial charge on any atom is 0.494 e. The van der Waals surface area contributed by atoms with E-state index < -0.39 is 30.1 Å². The summed E-state index contributed by atoms with van der Waals surface area (Å²) in [6, 6.07) is 12.9. The highest BCUT2D eigenvalue weighted by molar-refractivity contribution is 6.62. The summed E-state index contributed by atoms with van der Waals surface area (Å²) in [6.45, 7) is 7.49. The normalized spacial score (nSPS) is 19.2. The van der Waals surface area contributed by atoms with Crippen molar-refractivity contribution in [1.29, 1.82) is 0 Å². The van der Waals surface area contributed by atoms with Gasteiger partial charge in [0.1, 0.15) is 0 Å². The van der Waals surface area contributed by atoms with Gasteiger partial charge in [0.2, 0.25) is 0 Å². The molecule has 1 fully saturated rings. The molecule has 2 aromatic rings. The zero-order chi connectivity index (χ0) is 18.5. The SMILES string of the molecule is CC1(C)OB(c2cc(-c3ccccc3)cc(C(F)(F)F)c2)OC1(C)C. The molecule has 132 valence electrons. The van der Waals surface area contributed by atoms with Crippen molar-refractivity contribution in [1.82, 2.24) is 0 Å². The fourth-order valence-electron chi connectivity index (χ4n) is 2.73. The third-order valence-electron chi connectivity index (χ3n) is 4.92. The Bertz CT molecular complexity index is 754. The maximum absolute atomic E-state index is 13.4. The molecule has 0 N–H and O–H groups in total. The molecule has 1 heterocycles. The van der Waals surface area contributed by atoms with E-state index in [1.54, 1.807) is 30.3 Å². The molecule has 0 aromatic heterocycles. The topological polar surface area (TPSA) is 18.5 Å². The molecule has 0 amide bonds. The molecular formula is C19H20BF3O2. The van der Waals surface area contributed by atoms with Crippen LogP contribution in [-0.4, -0.2) is 18.3 Å². The number of hydrogen-bond donors (Lipinski definition) is 0. The maximum atomic E-state index is 13.4. The number of rotatable bonds is 2. The van der Waals surface area contributed by atoms with Gasteiger partial charge in [0.15, 0.2) is 0 Å². The van der Waals surface area contributed by atoms with Gasteiger partial charge in [-0.05, 0) is 50.4 Å². The lowest BCUT2D eigenvalue weighted by Gasteiger charge is -2.32. The van der Waals surface area contributed by atoms with Crippen molar-refractivity contribution < 1.29 is 22.5 Å². The van der Waals surface area contributed by atoms with E-state index in [-0.39, 0.29) is 0 Å². The van der Waals surface area contributed by atoms with Gasteiger partial charge >= 0.3 is 13.3 Å². The second-order valence-electron chi connectivity index (χ2n) is 7.30. The first kappa shape index (κ1) is 18.0. The zero-order valence-electron chi connectivity index (χ0n) is 14.6. The molecule has 1 aliphatic rings. The molecule has 0 radical (unpaired) electrons.